The summed E-state index contributed by atoms with van der Waals surface area (Å²) in [6.45, 7) is 15.2. The van der Waals surface area contributed by atoms with Crippen LogP contribution in [0.2, 0.25) is 18.1 Å². The molecule has 0 aliphatic heterocycles. The lowest BCUT2D eigenvalue weighted by Gasteiger charge is -2.51. The number of fused-ring (bicyclic) bond motifs is 1. The second kappa shape index (κ2) is 11.0. The van der Waals surface area contributed by atoms with Crippen LogP contribution < -0.4 is 0 Å². The highest BCUT2D eigenvalue weighted by molar-refractivity contribution is 6.74. The van der Waals surface area contributed by atoms with E-state index in [9.17, 15) is 22.4 Å². The molecule has 0 saturated heterocycles. The van der Waals surface area contributed by atoms with Crippen molar-refractivity contribution < 1.29 is 26.8 Å². The zero-order valence-electron chi connectivity index (χ0n) is 26.2. The first-order valence-corrected chi connectivity index (χ1v) is 18.2. The maximum absolute atomic E-state index is 14.4. The van der Waals surface area contributed by atoms with Crippen LogP contribution in [0.4, 0.5) is 17.6 Å². The third-order valence-electron chi connectivity index (χ3n) is 10.1. The fourth-order valence-corrected chi connectivity index (χ4v) is 7.79. The van der Waals surface area contributed by atoms with Crippen LogP contribution in [0.3, 0.4) is 0 Å². The van der Waals surface area contributed by atoms with Gasteiger partial charge in [-0.2, -0.15) is 13.2 Å². The van der Waals surface area contributed by atoms with Gasteiger partial charge in [-0.1, -0.05) is 71.4 Å². The SMILES string of the molecule is CC(C)c1cc2c(c(-c3ccc(F)cc3)c1C(=O)c1ccc(C(F)(F)F)cc1)C(O[Si](C)(C)C(C)(C)C)CC1(CCC1)C2. The second-order valence-electron chi connectivity index (χ2n) is 14.5. The average molecular weight is 611 g/mol. The van der Waals surface area contributed by atoms with Crippen LogP contribution in [0.25, 0.3) is 11.1 Å². The lowest BCUT2D eigenvalue weighted by molar-refractivity contribution is -0.137. The molecule has 2 aliphatic carbocycles. The van der Waals surface area contributed by atoms with Gasteiger partial charge < -0.3 is 4.43 Å². The molecule has 3 aromatic rings. The van der Waals surface area contributed by atoms with Gasteiger partial charge in [-0.05, 0) is 107 Å². The quantitative estimate of drug-likeness (QED) is 0.158. The van der Waals surface area contributed by atoms with Crippen LogP contribution in [0.1, 0.15) is 110 Å². The van der Waals surface area contributed by atoms with Gasteiger partial charge in [-0.3, -0.25) is 4.79 Å². The van der Waals surface area contributed by atoms with Gasteiger partial charge in [0, 0.05) is 11.1 Å². The molecule has 43 heavy (non-hydrogen) atoms. The minimum absolute atomic E-state index is 0.0306. The van der Waals surface area contributed by atoms with Crippen molar-refractivity contribution in [3.63, 3.8) is 0 Å². The molecule has 1 fully saturated rings. The predicted octanol–water partition coefficient (Wildman–Crippen LogP) is 11.0. The Hall–Kier alpha value is -2.77. The van der Waals surface area contributed by atoms with Crippen molar-refractivity contribution >= 4 is 14.1 Å². The Morgan fingerprint density at radius 3 is 2.07 bits per heavy atom. The maximum atomic E-state index is 14.4. The Kier molecular flexibility index (Phi) is 8.09. The van der Waals surface area contributed by atoms with Crippen molar-refractivity contribution in [1.29, 1.82) is 0 Å². The van der Waals surface area contributed by atoms with Crippen molar-refractivity contribution in [3.05, 3.63) is 93.8 Å². The Balaban J connectivity index is 1.79. The number of rotatable bonds is 6. The van der Waals surface area contributed by atoms with Crippen molar-refractivity contribution in [2.45, 2.75) is 103 Å². The molecule has 0 aromatic heterocycles. The molecule has 2 nitrogen and oxygen atoms in total. The maximum Gasteiger partial charge on any atom is 0.416 e. The van der Waals surface area contributed by atoms with Crippen LogP contribution in [-0.4, -0.2) is 14.1 Å². The van der Waals surface area contributed by atoms with E-state index in [-0.39, 0.29) is 39.6 Å². The van der Waals surface area contributed by atoms with Gasteiger partial charge in [0.15, 0.2) is 14.1 Å². The summed E-state index contributed by atoms with van der Waals surface area (Å²) in [5.74, 6) is -0.748. The first-order valence-electron chi connectivity index (χ1n) is 15.3. The van der Waals surface area contributed by atoms with E-state index in [0.29, 0.717) is 11.1 Å². The minimum Gasteiger partial charge on any atom is -0.410 e. The molecular weight excluding hydrogens is 568 g/mol. The molecule has 0 bridgehead atoms. The number of ketones is 1. The number of benzene rings is 3. The van der Waals surface area contributed by atoms with E-state index in [2.05, 4.69) is 39.9 Å². The van der Waals surface area contributed by atoms with Crippen LogP contribution in [0.5, 0.6) is 0 Å². The third kappa shape index (κ3) is 5.99. The molecule has 1 saturated carbocycles. The van der Waals surface area contributed by atoms with E-state index in [1.54, 1.807) is 12.1 Å². The molecule has 3 aromatic carbocycles. The van der Waals surface area contributed by atoms with Crippen LogP contribution >= 0.6 is 0 Å². The van der Waals surface area contributed by atoms with E-state index in [1.807, 2.05) is 13.8 Å². The normalized spacial score (nSPS) is 18.5. The van der Waals surface area contributed by atoms with Crippen molar-refractivity contribution in [2.24, 2.45) is 5.41 Å². The van der Waals surface area contributed by atoms with Crippen LogP contribution in [0.15, 0.2) is 54.6 Å². The number of carbonyl (C=O) groups excluding carboxylic acids is 1. The lowest BCUT2D eigenvalue weighted by atomic mass is 9.58. The molecular formula is C36H42F4O2Si. The molecule has 1 spiro atoms. The molecule has 0 amide bonds. The Labute approximate surface area is 254 Å². The highest BCUT2D eigenvalue weighted by Crippen LogP contribution is 2.58. The number of halogens is 4. The molecule has 0 radical (unpaired) electrons. The van der Waals surface area contributed by atoms with Gasteiger partial charge in [0.25, 0.3) is 0 Å². The van der Waals surface area contributed by atoms with E-state index in [1.165, 1.54) is 36.2 Å². The molecule has 0 heterocycles. The molecule has 5 rings (SSSR count). The molecule has 1 atom stereocenters. The summed E-state index contributed by atoms with van der Waals surface area (Å²) >= 11 is 0. The van der Waals surface area contributed by atoms with Crippen LogP contribution in [-0.2, 0) is 17.0 Å². The number of hydrogen-bond acceptors (Lipinski definition) is 2. The van der Waals surface area contributed by atoms with Gasteiger partial charge in [0.1, 0.15) is 5.82 Å². The summed E-state index contributed by atoms with van der Waals surface area (Å²) in [5, 5.41) is -0.0375. The van der Waals surface area contributed by atoms with Gasteiger partial charge in [-0.25, -0.2) is 4.39 Å². The first-order chi connectivity index (χ1) is 19.9. The predicted molar refractivity (Wildman–Crippen MR) is 166 cm³/mol. The topological polar surface area (TPSA) is 26.3 Å². The fraction of sp³-hybridized carbons (Fsp3) is 0.472. The number of hydrogen-bond donors (Lipinski definition) is 0. The molecule has 2 aliphatic rings. The van der Waals surface area contributed by atoms with Crippen molar-refractivity contribution in [3.8, 4) is 11.1 Å². The Bertz CT molecular complexity index is 1510. The Morgan fingerprint density at radius 2 is 1.58 bits per heavy atom. The van der Waals surface area contributed by atoms with Crippen molar-refractivity contribution in [2.75, 3.05) is 0 Å². The number of carbonyl (C=O) groups is 1. The molecule has 230 valence electrons. The number of alkyl halides is 3. The summed E-state index contributed by atoms with van der Waals surface area (Å²) in [4.78, 5) is 14.4. The first kappa shape index (κ1) is 31.6. The summed E-state index contributed by atoms with van der Waals surface area (Å²) < 4.78 is 61.5. The van der Waals surface area contributed by atoms with Crippen molar-refractivity contribution in [1.82, 2.24) is 0 Å². The minimum atomic E-state index is -4.50. The summed E-state index contributed by atoms with van der Waals surface area (Å²) in [6.07, 6.45) is 0.469. The summed E-state index contributed by atoms with van der Waals surface area (Å²) in [6, 6.07) is 12.8. The molecule has 7 heteroatoms. The molecule has 1 unspecified atom stereocenters. The van der Waals surface area contributed by atoms with E-state index >= 15 is 0 Å². The highest BCUT2D eigenvalue weighted by Gasteiger charge is 2.48. The highest BCUT2D eigenvalue weighted by atomic mass is 28.4. The standard InChI is InChI=1S/C36H42F4O2Si/c1-22(2)28-19-25-20-35(17-8-18-35)21-29(42-43(6,7)34(3,4)5)30(25)31(23-11-15-27(37)16-12-23)32(28)33(41)24-9-13-26(14-10-24)36(38,39)40/h9-16,19,22,29H,8,17-18,20-21H2,1-7H3. The lowest BCUT2D eigenvalue weighted by Crippen LogP contribution is -2.45. The fourth-order valence-electron chi connectivity index (χ4n) is 6.52. The summed E-state index contributed by atoms with van der Waals surface area (Å²) in [7, 11) is -2.26. The van der Waals surface area contributed by atoms with E-state index < -0.39 is 20.1 Å². The monoisotopic (exact) mass is 610 g/mol. The zero-order valence-corrected chi connectivity index (χ0v) is 27.2. The van der Waals surface area contributed by atoms with Crippen LogP contribution in [0, 0.1) is 11.2 Å². The third-order valence-corrected chi connectivity index (χ3v) is 14.6. The van der Waals surface area contributed by atoms with E-state index in [4.69, 9.17) is 4.43 Å². The van der Waals surface area contributed by atoms with Gasteiger partial charge >= 0.3 is 6.18 Å². The average Bonchev–Trinajstić information content (AvgIpc) is 2.90. The Morgan fingerprint density at radius 1 is 0.977 bits per heavy atom. The smallest absolute Gasteiger partial charge is 0.410 e. The van der Waals surface area contributed by atoms with Gasteiger partial charge in [0.05, 0.1) is 11.7 Å². The largest absolute Gasteiger partial charge is 0.416 e. The summed E-state index contributed by atoms with van der Waals surface area (Å²) in [5.41, 5.74) is 4.45. The van der Waals surface area contributed by atoms with E-state index in [0.717, 1.165) is 54.5 Å². The zero-order chi connectivity index (χ0) is 31.5. The second-order valence-corrected chi connectivity index (χ2v) is 19.2. The van der Waals surface area contributed by atoms with Gasteiger partial charge in [0.2, 0.25) is 0 Å². The molecule has 0 N–H and O–H groups in total. The van der Waals surface area contributed by atoms with Gasteiger partial charge in [-0.15, -0.1) is 0 Å².